The summed E-state index contributed by atoms with van der Waals surface area (Å²) < 4.78 is 5.05. The van der Waals surface area contributed by atoms with Gasteiger partial charge in [-0.2, -0.15) is 0 Å². The summed E-state index contributed by atoms with van der Waals surface area (Å²) in [7, 11) is 2.07. The van der Waals surface area contributed by atoms with Crippen LogP contribution in [0.15, 0.2) is 47.1 Å². The highest BCUT2D eigenvalue weighted by atomic mass is 35.5. The van der Waals surface area contributed by atoms with Gasteiger partial charge in [-0.25, -0.2) is 0 Å². The summed E-state index contributed by atoms with van der Waals surface area (Å²) in [5.41, 5.74) is 1.57. The molecule has 0 saturated carbocycles. The molecule has 1 aromatic heterocycles. The number of carbonyl (C=O) groups excluding carboxylic acids is 1. The van der Waals surface area contributed by atoms with Crippen molar-refractivity contribution in [3.05, 3.63) is 59.0 Å². The van der Waals surface area contributed by atoms with Crippen LogP contribution in [0.3, 0.4) is 0 Å². The molecule has 0 spiro atoms. The van der Waals surface area contributed by atoms with E-state index >= 15 is 0 Å². The topological polar surface area (TPSA) is 36.7 Å². The second-order valence-electron chi connectivity index (χ2n) is 5.30. The minimum Gasteiger partial charge on any atom is -0.452 e. The number of hydrogen-bond donors (Lipinski definition) is 0. The zero-order valence-corrected chi connectivity index (χ0v) is 12.6. The normalized spacial score (nSPS) is 19.7. The van der Waals surface area contributed by atoms with Gasteiger partial charge in [-0.3, -0.25) is 4.79 Å². The predicted octanol–water partition coefficient (Wildman–Crippen LogP) is 3.06. The Hall–Kier alpha value is -1.78. The molecule has 4 nitrogen and oxygen atoms in total. The van der Waals surface area contributed by atoms with Crippen LogP contribution in [0.4, 0.5) is 0 Å². The molecular formula is C16H17ClN2O2. The lowest BCUT2D eigenvalue weighted by atomic mass is 10.0. The van der Waals surface area contributed by atoms with Crippen molar-refractivity contribution < 1.29 is 9.21 Å². The minimum absolute atomic E-state index is 0.0309. The van der Waals surface area contributed by atoms with Crippen molar-refractivity contribution in [1.82, 2.24) is 9.80 Å². The molecule has 1 saturated heterocycles. The Bertz CT molecular complexity index is 626. The van der Waals surface area contributed by atoms with Crippen LogP contribution in [0, 0.1) is 0 Å². The number of nitrogens with zero attached hydrogens (tertiary/aromatic N) is 2. The Balaban J connectivity index is 1.91. The lowest BCUT2D eigenvalue weighted by Crippen LogP contribution is -2.49. The first kappa shape index (κ1) is 14.2. The maximum atomic E-state index is 12.7. The lowest BCUT2D eigenvalue weighted by Gasteiger charge is -2.40. The summed E-state index contributed by atoms with van der Waals surface area (Å²) in [6.07, 6.45) is 1.45. The molecule has 3 rings (SSSR count). The van der Waals surface area contributed by atoms with Crippen LogP contribution < -0.4 is 0 Å². The molecule has 2 heterocycles. The van der Waals surface area contributed by atoms with Crippen LogP contribution >= 0.6 is 11.6 Å². The molecule has 0 radical (unpaired) electrons. The third-order valence-corrected chi connectivity index (χ3v) is 4.17. The van der Waals surface area contributed by atoms with Gasteiger partial charge in [0.05, 0.1) is 17.9 Å². The molecule has 21 heavy (non-hydrogen) atoms. The van der Waals surface area contributed by atoms with E-state index < -0.39 is 0 Å². The van der Waals surface area contributed by atoms with Gasteiger partial charge in [-0.15, -0.1) is 0 Å². The first-order valence-corrected chi connectivity index (χ1v) is 7.32. The zero-order chi connectivity index (χ0) is 14.8. The molecule has 1 unspecified atom stereocenters. The predicted molar refractivity (Wildman–Crippen MR) is 81.4 cm³/mol. The Labute approximate surface area is 128 Å². The maximum Gasteiger partial charge on any atom is 0.259 e. The van der Waals surface area contributed by atoms with Crippen LogP contribution in [0.2, 0.25) is 5.22 Å². The van der Waals surface area contributed by atoms with Crippen molar-refractivity contribution in [2.45, 2.75) is 6.04 Å². The number of amides is 1. The van der Waals surface area contributed by atoms with E-state index in [2.05, 4.69) is 24.1 Å². The molecule has 1 aliphatic heterocycles. The molecule has 0 bridgehead atoms. The van der Waals surface area contributed by atoms with E-state index in [9.17, 15) is 4.79 Å². The first-order valence-electron chi connectivity index (χ1n) is 6.94. The molecule has 1 aromatic carbocycles. The minimum atomic E-state index is -0.0734. The molecule has 5 heteroatoms. The van der Waals surface area contributed by atoms with Crippen molar-refractivity contribution in [2.24, 2.45) is 0 Å². The fourth-order valence-electron chi connectivity index (χ4n) is 2.72. The quantitative estimate of drug-likeness (QED) is 0.855. The van der Waals surface area contributed by atoms with Gasteiger partial charge in [-0.05, 0) is 30.3 Å². The maximum absolute atomic E-state index is 12.7. The molecule has 1 fully saturated rings. The number of piperazine rings is 1. The number of likely N-dealkylation sites (N-methyl/N-ethyl adjacent to an activating group) is 1. The molecule has 2 aromatic rings. The smallest absolute Gasteiger partial charge is 0.259 e. The molecule has 0 N–H and O–H groups in total. The molecular weight excluding hydrogens is 288 g/mol. The fourth-order valence-corrected chi connectivity index (χ4v) is 2.92. The van der Waals surface area contributed by atoms with Crippen LogP contribution in [0.1, 0.15) is 22.0 Å². The Kier molecular flexibility index (Phi) is 3.99. The third-order valence-electron chi connectivity index (χ3n) is 3.88. The van der Waals surface area contributed by atoms with E-state index in [1.54, 1.807) is 6.07 Å². The van der Waals surface area contributed by atoms with E-state index in [-0.39, 0.29) is 17.2 Å². The number of benzene rings is 1. The molecule has 0 aliphatic carbocycles. The Morgan fingerprint density at radius 2 is 2.00 bits per heavy atom. The molecule has 1 aliphatic rings. The van der Waals surface area contributed by atoms with E-state index in [4.69, 9.17) is 16.0 Å². The van der Waals surface area contributed by atoms with Gasteiger partial charge in [-0.1, -0.05) is 30.3 Å². The van der Waals surface area contributed by atoms with E-state index in [0.717, 1.165) is 18.7 Å². The summed E-state index contributed by atoms with van der Waals surface area (Å²) in [5.74, 6) is -0.0734. The second-order valence-corrected chi connectivity index (χ2v) is 5.64. The van der Waals surface area contributed by atoms with Crippen LogP contribution in [0.5, 0.6) is 0 Å². The highest BCUT2D eigenvalue weighted by Crippen LogP contribution is 2.28. The number of furan rings is 1. The molecule has 1 amide bonds. The Morgan fingerprint density at radius 3 is 2.67 bits per heavy atom. The van der Waals surface area contributed by atoms with Crippen LogP contribution in [-0.4, -0.2) is 42.4 Å². The number of hydrogen-bond acceptors (Lipinski definition) is 3. The third kappa shape index (κ3) is 2.82. The molecule has 110 valence electrons. The lowest BCUT2D eigenvalue weighted by molar-refractivity contribution is 0.0497. The number of halogens is 1. The average Bonchev–Trinajstić information content (AvgIpc) is 2.93. The standard InChI is InChI=1S/C16H17ClN2O2/c1-18-8-9-19(16(20)13-7-10-21-15(13)17)14(11-18)12-5-3-2-4-6-12/h2-7,10,14H,8-9,11H2,1H3. The van der Waals surface area contributed by atoms with Crippen molar-refractivity contribution in [3.63, 3.8) is 0 Å². The van der Waals surface area contributed by atoms with Crippen LogP contribution in [-0.2, 0) is 0 Å². The van der Waals surface area contributed by atoms with Gasteiger partial charge in [0, 0.05) is 19.6 Å². The SMILES string of the molecule is CN1CCN(C(=O)c2ccoc2Cl)C(c2ccccc2)C1. The first-order chi connectivity index (χ1) is 10.2. The fraction of sp³-hybridized carbons (Fsp3) is 0.312. The van der Waals surface area contributed by atoms with Gasteiger partial charge < -0.3 is 14.2 Å². The van der Waals surface area contributed by atoms with E-state index in [1.807, 2.05) is 23.1 Å². The number of carbonyl (C=O) groups is 1. The highest BCUT2D eigenvalue weighted by Gasteiger charge is 2.32. The summed E-state index contributed by atoms with van der Waals surface area (Å²) in [6, 6.07) is 11.8. The Morgan fingerprint density at radius 1 is 1.24 bits per heavy atom. The van der Waals surface area contributed by atoms with Gasteiger partial charge in [0.2, 0.25) is 5.22 Å². The van der Waals surface area contributed by atoms with Crippen molar-refractivity contribution >= 4 is 17.5 Å². The van der Waals surface area contributed by atoms with Crippen molar-refractivity contribution in [2.75, 3.05) is 26.7 Å². The molecule has 1 atom stereocenters. The summed E-state index contributed by atoms with van der Waals surface area (Å²) in [6.45, 7) is 2.34. The van der Waals surface area contributed by atoms with Crippen molar-refractivity contribution in [3.8, 4) is 0 Å². The average molecular weight is 305 g/mol. The summed E-state index contributed by atoms with van der Waals surface area (Å²) in [4.78, 5) is 16.9. The van der Waals surface area contributed by atoms with Gasteiger partial charge in [0.15, 0.2) is 0 Å². The van der Waals surface area contributed by atoms with E-state index in [0.29, 0.717) is 12.1 Å². The van der Waals surface area contributed by atoms with Crippen LogP contribution in [0.25, 0.3) is 0 Å². The number of rotatable bonds is 2. The van der Waals surface area contributed by atoms with Gasteiger partial charge in [0.25, 0.3) is 5.91 Å². The summed E-state index contributed by atoms with van der Waals surface area (Å²) >= 11 is 5.95. The second kappa shape index (κ2) is 5.92. The summed E-state index contributed by atoms with van der Waals surface area (Å²) in [5, 5.41) is 0.158. The highest BCUT2D eigenvalue weighted by molar-refractivity contribution is 6.32. The monoisotopic (exact) mass is 304 g/mol. The van der Waals surface area contributed by atoms with Gasteiger partial charge >= 0.3 is 0 Å². The zero-order valence-electron chi connectivity index (χ0n) is 11.8. The largest absolute Gasteiger partial charge is 0.452 e. The van der Waals surface area contributed by atoms with Crippen molar-refractivity contribution in [1.29, 1.82) is 0 Å². The van der Waals surface area contributed by atoms with E-state index in [1.165, 1.54) is 6.26 Å². The van der Waals surface area contributed by atoms with Gasteiger partial charge in [0.1, 0.15) is 0 Å².